The molecule has 0 aromatic rings. The summed E-state index contributed by atoms with van der Waals surface area (Å²) in [6.45, 7) is 0. The van der Waals surface area contributed by atoms with Gasteiger partial charge in [-0.3, -0.25) is 4.79 Å². The van der Waals surface area contributed by atoms with Crippen LogP contribution >= 0.6 is 0 Å². The SMILES string of the molecule is O=C(O)/C=C(\C=C(/O)C(=O)O)CC(=O)O. The summed E-state index contributed by atoms with van der Waals surface area (Å²) in [6.07, 6.45) is 0.390. The third-order valence-electron chi connectivity index (χ3n) is 1.21. The molecule has 0 bridgehead atoms. The Kier molecular flexibility index (Phi) is 4.59. The first-order valence-corrected chi connectivity index (χ1v) is 3.62. The van der Waals surface area contributed by atoms with Gasteiger partial charge in [-0.2, -0.15) is 0 Å². The van der Waals surface area contributed by atoms with Crippen LogP contribution in [0.15, 0.2) is 23.5 Å². The van der Waals surface area contributed by atoms with Gasteiger partial charge in [-0.25, -0.2) is 9.59 Å². The van der Waals surface area contributed by atoms with Crippen molar-refractivity contribution in [2.45, 2.75) is 6.42 Å². The molecule has 15 heavy (non-hydrogen) atoms. The highest BCUT2D eigenvalue weighted by Crippen LogP contribution is 2.06. The van der Waals surface area contributed by atoms with E-state index in [0.29, 0.717) is 12.2 Å². The maximum atomic E-state index is 10.3. The van der Waals surface area contributed by atoms with Crippen LogP contribution < -0.4 is 0 Å². The predicted octanol–water partition coefficient (Wildman–Crippen LogP) is -0.00140. The lowest BCUT2D eigenvalue weighted by molar-refractivity contribution is -0.137. The van der Waals surface area contributed by atoms with Gasteiger partial charge in [-0.05, 0) is 11.6 Å². The number of hydrogen-bond acceptors (Lipinski definition) is 4. The van der Waals surface area contributed by atoms with Gasteiger partial charge >= 0.3 is 17.9 Å². The molecule has 0 fully saturated rings. The van der Waals surface area contributed by atoms with Crippen molar-refractivity contribution in [2.75, 3.05) is 0 Å². The third kappa shape index (κ3) is 5.86. The molecule has 7 nitrogen and oxygen atoms in total. The van der Waals surface area contributed by atoms with Crippen LogP contribution in [0.2, 0.25) is 0 Å². The number of carboxylic acids is 3. The number of carboxylic acid groups (broad SMARTS) is 3. The molecule has 0 aliphatic rings. The first-order chi connectivity index (χ1) is 6.82. The summed E-state index contributed by atoms with van der Waals surface area (Å²) in [5.74, 6) is -5.56. The van der Waals surface area contributed by atoms with E-state index in [1.807, 2.05) is 0 Å². The minimum absolute atomic E-state index is 0.324. The van der Waals surface area contributed by atoms with Crippen LogP contribution in [0.4, 0.5) is 0 Å². The van der Waals surface area contributed by atoms with Crippen LogP contribution in [-0.2, 0) is 14.4 Å². The van der Waals surface area contributed by atoms with E-state index < -0.39 is 30.1 Å². The van der Waals surface area contributed by atoms with Gasteiger partial charge < -0.3 is 20.4 Å². The summed E-state index contributed by atoms with van der Waals surface area (Å²) in [5.41, 5.74) is -0.324. The predicted molar refractivity (Wildman–Crippen MR) is 46.3 cm³/mol. The molecule has 82 valence electrons. The molecule has 0 saturated carbocycles. The number of aliphatic hydroxyl groups excluding tert-OH is 1. The minimum atomic E-state index is -1.67. The summed E-state index contributed by atoms with van der Waals surface area (Å²) < 4.78 is 0. The number of aliphatic carboxylic acids is 3. The van der Waals surface area contributed by atoms with Gasteiger partial charge in [0.05, 0.1) is 6.42 Å². The van der Waals surface area contributed by atoms with Crippen molar-refractivity contribution in [3.05, 3.63) is 23.5 Å². The van der Waals surface area contributed by atoms with Crippen molar-refractivity contribution in [3.63, 3.8) is 0 Å². The lowest BCUT2D eigenvalue weighted by atomic mass is 10.1. The molecule has 7 heteroatoms. The van der Waals surface area contributed by atoms with E-state index in [-0.39, 0.29) is 5.57 Å². The molecule has 0 saturated heterocycles. The summed E-state index contributed by atoms with van der Waals surface area (Å²) in [5, 5.41) is 33.7. The Morgan fingerprint density at radius 3 is 1.80 bits per heavy atom. The standard InChI is InChI=1S/C8H8O7/c9-5(8(14)15)1-4(2-6(10)11)3-7(12)13/h1-2,9H,3H2,(H,10,11)(H,12,13)(H,14,15)/b4-2+,5-1-. The van der Waals surface area contributed by atoms with E-state index in [1.165, 1.54) is 0 Å². The van der Waals surface area contributed by atoms with Gasteiger partial charge in [0.25, 0.3) is 0 Å². The van der Waals surface area contributed by atoms with Crippen molar-refractivity contribution >= 4 is 17.9 Å². The summed E-state index contributed by atoms with van der Waals surface area (Å²) in [6, 6.07) is 0. The average molecular weight is 216 g/mol. The number of allylic oxidation sites excluding steroid dienone is 1. The fourth-order valence-corrected chi connectivity index (χ4v) is 0.714. The molecule has 0 amide bonds. The molecule has 0 aliphatic heterocycles. The van der Waals surface area contributed by atoms with Gasteiger partial charge in [0.15, 0.2) is 0 Å². The lowest BCUT2D eigenvalue weighted by Crippen LogP contribution is -2.03. The highest BCUT2D eigenvalue weighted by molar-refractivity contribution is 5.87. The highest BCUT2D eigenvalue weighted by Gasteiger charge is 2.09. The normalized spacial score (nSPS) is 12.3. The Morgan fingerprint density at radius 2 is 1.47 bits per heavy atom. The van der Waals surface area contributed by atoms with Gasteiger partial charge in [0.2, 0.25) is 5.76 Å². The minimum Gasteiger partial charge on any atom is -0.502 e. The van der Waals surface area contributed by atoms with Crippen LogP contribution in [-0.4, -0.2) is 38.3 Å². The van der Waals surface area contributed by atoms with Gasteiger partial charge in [-0.1, -0.05) is 0 Å². The Balaban J connectivity index is 4.96. The van der Waals surface area contributed by atoms with Crippen molar-refractivity contribution < 1.29 is 34.8 Å². The third-order valence-corrected chi connectivity index (χ3v) is 1.21. The second-order valence-corrected chi connectivity index (χ2v) is 2.46. The molecule has 0 radical (unpaired) electrons. The zero-order valence-corrected chi connectivity index (χ0v) is 7.38. The fourth-order valence-electron chi connectivity index (χ4n) is 0.714. The van der Waals surface area contributed by atoms with Crippen LogP contribution in [0, 0.1) is 0 Å². The van der Waals surface area contributed by atoms with E-state index in [4.69, 9.17) is 20.4 Å². The maximum absolute atomic E-state index is 10.3. The van der Waals surface area contributed by atoms with E-state index >= 15 is 0 Å². The molecular formula is C8H8O7. The Morgan fingerprint density at radius 1 is 0.933 bits per heavy atom. The molecule has 0 rings (SSSR count). The topological polar surface area (TPSA) is 132 Å². The second kappa shape index (κ2) is 5.43. The number of aliphatic hydroxyl groups is 1. The number of carbonyl (C=O) groups is 3. The zero-order valence-electron chi connectivity index (χ0n) is 7.38. The summed E-state index contributed by atoms with van der Waals surface area (Å²) in [7, 11) is 0. The second-order valence-electron chi connectivity index (χ2n) is 2.46. The smallest absolute Gasteiger partial charge is 0.370 e. The molecule has 4 N–H and O–H groups in total. The molecule has 0 atom stereocenters. The molecule has 0 aromatic heterocycles. The molecule has 0 spiro atoms. The van der Waals surface area contributed by atoms with Gasteiger partial charge in [0.1, 0.15) is 0 Å². The van der Waals surface area contributed by atoms with E-state index in [9.17, 15) is 14.4 Å². The van der Waals surface area contributed by atoms with E-state index in [1.54, 1.807) is 0 Å². The Labute approximate surface area is 83.6 Å². The first kappa shape index (κ1) is 12.7. The van der Waals surface area contributed by atoms with Crippen LogP contribution in [0.25, 0.3) is 0 Å². The van der Waals surface area contributed by atoms with Crippen molar-refractivity contribution in [3.8, 4) is 0 Å². The monoisotopic (exact) mass is 216 g/mol. The largest absolute Gasteiger partial charge is 0.502 e. The molecule has 0 unspecified atom stereocenters. The number of rotatable bonds is 5. The molecule has 0 aliphatic carbocycles. The van der Waals surface area contributed by atoms with E-state index in [0.717, 1.165) is 0 Å². The zero-order chi connectivity index (χ0) is 12.0. The van der Waals surface area contributed by atoms with Crippen molar-refractivity contribution in [1.82, 2.24) is 0 Å². The Bertz CT molecular complexity index is 350. The fraction of sp³-hybridized carbons (Fsp3) is 0.125. The molecule has 0 heterocycles. The van der Waals surface area contributed by atoms with Gasteiger partial charge in [-0.15, -0.1) is 0 Å². The van der Waals surface area contributed by atoms with Crippen LogP contribution in [0.5, 0.6) is 0 Å². The van der Waals surface area contributed by atoms with E-state index in [2.05, 4.69) is 0 Å². The quantitative estimate of drug-likeness (QED) is 0.289. The summed E-state index contributed by atoms with van der Waals surface area (Å²) >= 11 is 0. The van der Waals surface area contributed by atoms with Crippen molar-refractivity contribution in [2.24, 2.45) is 0 Å². The Hall–Kier alpha value is -2.31. The first-order valence-electron chi connectivity index (χ1n) is 3.62. The van der Waals surface area contributed by atoms with Crippen LogP contribution in [0.3, 0.4) is 0 Å². The number of hydrogen-bond donors (Lipinski definition) is 4. The molecule has 0 aromatic carbocycles. The van der Waals surface area contributed by atoms with Gasteiger partial charge in [0, 0.05) is 6.08 Å². The maximum Gasteiger partial charge on any atom is 0.370 e. The lowest BCUT2D eigenvalue weighted by Gasteiger charge is -1.97. The highest BCUT2D eigenvalue weighted by atomic mass is 16.4. The molecular weight excluding hydrogens is 208 g/mol. The van der Waals surface area contributed by atoms with Crippen LogP contribution in [0.1, 0.15) is 6.42 Å². The summed E-state index contributed by atoms with van der Waals surface area (Å²) in [4.78, 5) is 30.6. The average Bonchev–Trinajstić information content (AvgIpc) is 2.00. The van der Waals surface area contributed by atoms with Crippen molar-refractivity contribution in [1.29, 1.82) is 0 Å².